The van der Waals surface area contributed by atoms with Gasteiger partial charge in [0.1, 0.15) is 18.2 Å². The predicted molar refractivity (Wildman–Crippen MR) is 136 cm³/mol. The van der Waals surface area contributed by atoms with E-state index >= 15 is 0 Å². The zero-order valence-electron chi connectivity index (χ0n) is 18.0. The van der Waals surface area contributed by atoms with Crippen LogP contribution in [0, 0.1) is 0 Å². The molecule has 8 nitrogen and oxygen atoms in total. The first-order valence-corrected chi connectivity index (χ1v) is 11.1. The predicted octanol–water partition coefficient (Wildman–Crippen LogP) is 3.85. The Morgan fingerprint density at radius 3 is 2.65 bits per heavy atom. The molecule has 0 saturated heterocycles. The Morgan fingerprint density at radius 1 is 1.09 bits per heavy atom. The van der Waals surface area contributed by atoms with Crippen molar-refractivity contribution in [3.05, 3.63) is 82.9 Å². The van der Waals surface area contributed by atoms with Gasteiger partial charge in [-0.3, -0.25) is 9.59 Å². The molecule has 0 aliphatic rings. The van der Waals surface area contributed by atoms with Gasteiger partial charge in [0.25, 0.3) is 11.8 Å². The van der Waals surface area contributed by atoms with Gasteiger partial charge in [-0.15, -0.1) is 23.7 Å². The number of aliphatic hydroxyl groups is 1. The van der Waals surface area contributed by atoms with Gasteiger partial charge in [0, 0.05) is 41.0 Å². The third-order valence-electron chi connectivity index (χ3n) is 4.86. The molecule has 0 saturated carbocycles. The van der Waals surface area contributed by atoms with Crippen molar-refractivity contribution < 1.29 is 19.4 Å². The molecule has 0 unspecified atom stereocenters. The first-order valence-electron chi connectivity index (χ1n) is 10.2. The number of ether oxygens (including phenoxy) is 1. The number of nitrogen functional groups attached to an aromatic ring is 1. The molecular weight excluding hydrogens is 476 g/mol. The summed E-state index contributed by atoms with van der Waals surface area (Å²) in [5, 5.41) is 17.0. The number of carbonyl (C=O) groups is 2. The SMILES string of the molecule is Cl.Nc1ncc(C(=O)NCCO)c2scc(COc3cccc(NC(=O)c4ccccc4)c3)c12. The van der Waals surface area contributed by atoms with E-state index in [4.69, 9.17) is 15.6 Å². The number of hydrogen-bond acceptors (Lipinski definition) is 7. The summed E-state index contributed by atoms with van der Waals surface area (Å²) < 4.78 is 6.65. The van der Waals surface area contributed by atoms with Crippen LogP contribution in [0.1, 0.15) is 26.3 Å². The van der Waals surface area contributed by atoms with Crippen molar-refractivity contribution >= 4 is 57.1 Å². The van der Waals surface area contributed by atoms with E-state index in [1.165, 1.54) is 17.5 Å². The monoisotopic (exact) mass is 498 g/mol. The quantitative estimate of drug-likeness (QED) is 0.292. The van der Waals surface area contributed by atoms with Crippen LogP contribution in [0.4, 0.5) is 11.5 Å². The van der Waals surface area contributed by atoms with Crippen LogP contribution in [0.2, 0.25) is 0 Å². The number of thiophene rings is 1. The Hall–Kier alpha value is -3.66. The second-order valence-corrected chi connectivity index (χ2v) is 8.02. The molecule has 0 aliphatic carbocycles. The van der Waals surface area contributed by atoms with Crippen LogP contribution in [0.3, 0.4) is 0 Å². The molecule has 0 fully saturated rings. The van der Waals surface area contributed by atoms with Crippen molar-refractivity contribution in [2.45, 2.75) is 6.61 Å². The normalized spacial score (nSPS) is 10.4. The minimum atomic E-state index is -0.322. The van der Waals surface area contributed by atoms with Crippen molar-refractivity contribution in [3.8, 4) is 5.75 Å². The number of amides is 2. The largest absolute Gasteiger partial charge is 0.489 e. The molecule has 0 bridgehead atoms. The van der Waals surface area contributed by atoms with E-state index in [2.05, 4.69) is 15.6 Å². The number of rotatable bonds is 8. The maximum atomic E-state index is 12.4. The second kappa shape index (κ2) is 11.5. The summed E-state index contributed by atoms with van der Waals surface area (Å²) in [6.45, 7) is 0.221. The highest BCUT2D eigenvalue weighted by molar-refractivity contribution is 7.17. The van der Waals surface area contributed by atoms with Crippen molar-refractivity contribution in [2.75, 3.05) is 24.2 Å². The van der Waals surface area contributed by atoms with Crippen molar-refractivity contribution in [1.82, 2.24) is 10.3 Å². The number of nitrogens with two attached hydrogens (primary N) is 1. The van der Waals surface area contributed by atoms with Gasteiger partial charge in [-0.2, -0.15) is 0 Å². The molecule has 2 aromatic heterocycles. The number of nitrogens with zero attached hydrogens (tertiary/aromatic N) is 1. The first-order chi connectivity index (χ1) is 16.1. The van der Waals surface area contributed by atoms with Crippen LogP contribution in [0.5, 0.6) is 5.75 Å². The third-order valence-corrected chi connectivity index (χ3v) is 5.93. The number of aliphatic hydroxyl groups excluding tert-OH is 1. The zero-order chi connectivity index (χ0) is 23.2. The average molecular weight is 499 g/mol. The van der Waals surface area contributed by atoms with Gasteiger partial charge >= 0.3 is 0 Å². The summed E-state index contributed by atoms with van der Waals surface area (Å²) in [6, 6.07) is 16.1. The summed E-state index contributed by atoms with van der Waals surface area (Å²) in [5.41, 5.74) is 8.47. The smallest absolute Gasteiger partial charge is 0.255 e. The van der Waals surface area contributed by atoms with Gasteiger partial charge in [0.2, 0.25) is 0 Å². The van der Waals surface area contributed by atoms with E-state index in [9.17, 15) is 9.59 Å². The lowest BCUT2D eigenvalue weighted by atomic mass is 10.1. The van der Waals surface area contributed by atoms with E-state index in [1.807, 2.05) is 23.6 Å². The maximum Gasteiger partial charge on any atom is 0.255 e. The van der Waals surface area contributed by atoms with Crippen LogP contribution in [0.25, 0.3) is 10.1 Å². The fourth-order valence-electron chi connectivity index (χ4n) is 3.28. The molecule has 176 valence electrons. The van der Waals surface area contributed by atoms with Gasteiger partial charge in [-0.1, -0.05) is 24.3 Å². The number of nitrogens with one attached hydrogen (secondary N) is 2. The fraction of sp³-hybridized carbons (Fsp3) is 0.125. The van der Waals surface area contributed by atoms with Gasteiger partial charge < -0.3 is 26.2 Å². The number of pyridine rings is 1. The van der Waals surface area contributed by atoms with E-state index < -0.39 is 0 Å². The fourth-order valence-corrected chi connectivity index (χ4v) is 4.35. The first kappa shape index (κ1) is 25.0. The standard InChI is InChI=1S/C24H22N4O4S.ClH/c25-22-20-16(14-33-21(20)19(12-27-22)24(31)26-9-10-29)13-32-18-8-4-7-17(11-18)28-23(30)15-5-2-1-3-6-15;/h1-8,11-12,14,29H,9-10,13H2,(H2,25,27)(H,26,31)(H,28,30);1H. The number of hydrogen-bond donors (Lipinski definition) is 4. The lowest BCUT2D eigenvalue weighted by Gasteiger charge is -2.10. The number of fused-ring (bicyclic) bond motifs is 1. The molecular formula is C24H23ClN4O4S. The summed E-state index contributed by atoms with van der Waals surface area (Å²) in [5.74, 6) is 0.358. The molecule has 0 spiro atoms. The number of benzene rings is 2. The summed E-state index contributed by atoms with van der Waals surface area (Å²) in [4.78, 5) is 28.9. The number of aromatic nitrogens is 1. The highest BCUT2D eigenvalue weighted by atomic mass is 35.5. The molecule has 0 radical (unpaired) electrons. The van der Waals surface area contributed by atoms with Crippen molar-refractivity contribution in [1.29, 1.82) is 0 Å². The minimum absolute atomic E-state index is 0. The minimum Gasteiger partial charge on any atom is -0.489 e. The Balaban J connectivity index is 0.00000324. The summed E-state index contributed by atoms with van der Waals surface area (Å²) in [7, 11) is 0. The van der Waals surface area contributed by atoms with Crippen LogP contribution in [0.15, 0.2) is 66.2 Å². The molecule has 4 rings (SSSR count). The number of carbonyl (C=O) groups excluding carboxylic acids is 2. The Labute approximate surface area is 206 Å². The topological polar surface area (TPSA) is 127 Å². The third kappa shape index (κ3) is 5.63. The average Bonchev–Trinajstić information content (AvgIpc) is 3.27. The molecule has 34 heavy (non-hydrogen) atoms. The maximum absolute atomic E-state index is 12.4. The highest BCUT2D eigenvalue weighted by Gasteiger charge is 2.17. The second-order valence-electron chi connectivity index (χ2n) is 7.14. The molecule has 0 atom stereocenters. The Bertz CT molecular complexity index is 1300. The number of halogens is 1. The van der Waals surface area contributed by atoms with E-state index in [0.29, 0.717) is 38.5 Å². The van der Waals surface area contributed by atoms with Crippen molar-refractivity contribution in [3.63, 3.8) is 0 Å². The molecule has 0 aliphatic heterocycles. The van der Waals surface area contributed by atoms with Crippen LogP contribution < -0.4 is 21.1 Å². The zero-order valence-corrected chi connectivity index (χ0v) is 19.6. The van der Waals surface area contributed by atoms with Gasteiger partial charge in [-0.25, -0.2) is 4.98 Å². The molecule has 2 heterocycles. The molecule has 2 aromatic carbocycles. The van der Waals surface area contributed by atoms with Crippen LogP contribution in [-0.4, -0.2) is 35.1 Å². The molecule has 4 aromatic rings. The van der Waals surface area contributed by atoms with Crippen LogP contribution in [-0.2, 0) is 6.61 Å². The lowest BCUT2D eigenvalue weighted by Crippen LogP contribution is -2.26. The number of anilines is 2. The molecule has 10 heteroatoms. The summed E-state index contributed by atoms with van der Waals surface area (Å²) >= 11 is 1.38. The van der Waals surface area contributed by atoms with Gasteiger partial charge in [-0.05, 0) is 29.6 Å². The van der Waals surface area contributed by atoms with Gasteiger partial charge in [0.05, 0.1) is 16.9 Å². The van der Waals surface area contributed by atoms with E-state index in [1.54, 1.807) is 36.4 Å². The Morgan fingerprint density at radius 2 is 1.88 bits per heavy atom. The Kier molecular flexibility index (Phi) is 8.42. The lowest BCUT2D eigenvalue weighted by molar-refractivity contribution is 0.0945. The molecule has 5 N–H and O–H groups in total. The highest BCUT2D eigenvalue weighted by Crippen LogP contribution is 2.33. The van der Waals surface area contributed by atoms with Crippen LogP contribution >= 0.6 is 23.7 Å². The van der Waals surface area contributed by atoms with E-state index in [0.717, 1.165) is 5.56 Å². The van der Waals surface area contributed by atoms with Gasteiger partial charge in [0.15, 0.2) is 0 Å². The molecule has 2 amide bonds. The van der Waals surface area contributed by atoms with E-state index in [-0.39, 0.29) is 44.0 Å². The van der Waals surface area contributed by atoms with Crippen molar-refractivity contribution in [2.24, 2.45) is 0 Å². The summed E-state index contributed by atoms with van der Waals surface area (Å²) in [6.07, 6.45) is 1.43.